The molecule has 0 bridgehead atoms. The van der Waals surface area contributed by atoms with Crippen LogP contribution in [0.5, 0.6) is 0 Å². The Bertz CT molecular complexity index is 544. The highest BCUT2D eigenvalue weighted by atomic mass is 32.2. The van der Waals surface area contributed by atoms with Gasteiger partial charge in [0.15, 0.2) is 0 Å². The first-order chi connectivity index (χ1) is 9.79. The first kappa shape index (κ1) is 16.4. The molecule has 0 unspecified atom stereocenters. The van der Waals surface area contributed by atoms with E-state index in [0.29, 0.717) is 13.1 Å². The molecule has 6 heteroatoms. The predicted molar refractivity (Wildman–Crippen MR) is 83.0 cm³/mol. The van der Waals surface area contributed by atoms with Gasteiger partial charge in [0, 0.05) is 31.7 Å². The van der Waals surface area contributed by atoms with E-state index in [9.17, 15) is 8.42 Å². The Morgan fingerprint density at radius 2 is 1.62 bits per heavy atom. The molecule has 1 saturated heterocycles. The molecule has 0 atom stereocenters. The third-order valence-electron chi connectivity index (χ3n) is 3.72. The lowest BCUT2D eigenvalue weighted by Gasteiger charge is -2.41. The largest absolute Gasteiger partial charge is 0.338 e. The van der Waals surface area contributed by atoms with Gasteiger partial charge < -0.3 is 0 Å². The highest BCUT2D eigenvalue weighted by Crippen LogP contribution is 2.18. The molecule has 0 amide bonds. The molecule has 5 nitrogen and oxygen atoms in total. The van der Waals surface area contributed by atoms with Gasteiger partial charge in [-0.25, -0.2) is 0 Å². The molecule has 0 N–H and O–H groups in total. The first-order valence-electron chi connectivity index (χ1n) is 7.22. The van der Waals surface area contributed by atoms with Gasteiger partial charge in [0.25, 0.3) is 0 Å². The van der Waals surface area contributed by atoms with Crippen LogP contribution in [0.3, 0.4) is 0 Å². The summed E-state index contributed by atoms with van der Waals surface area (Å²) in [5, 5.41) is 0. The molecular weight excluding hydrogens is 288 g/mol. The average molecular weight is 312 g/mol. The Balaban J connectivity index is 1.90. The third-order valence-corrected chi connectivity index (χ3v) is 5.13. The SMILES string of the molecule is CC(C)(C)N1CCN(S(=O)(=O)OCc2ccccc2)CC1. The minimum atomic E-state index is -3.64. The molecule has 0 aromatic heterocycles. The zero-order valence-corrected chi connectivity index (χ0v) is 13.8. The Morgan fingerprint density at radius 1 is 1.05 bits per heavy atom. The smallest absolute Gasteiger partial charge is 0.296 e. The topological polar surface area (TPSA) is 49.9 Å². The van der Waals surface area contributed by atoms with Gasteiger partial charge in [-0.1, -0.05) is 30.3 Å². The normalized spacial score (nSPS) is 18.8. The zero-order chi connectivity index (χ0) is 15.5. The second-order valence-electron chi connectivity index (χ2n) is 6.26. The lowest BCUT2D eigenvalue weighted by Crippen LogP contribution is -2.54. The van der Waals surface area contributed by atoms with Gasteiger partial charge in [0.2, 0.25) is 0 Å². The van der Waals surface area contributed by atoms with E-state index < -0.39 is 10.3 Å². The van der Waals surface area contributed by atoms with Crippen LogP contribution in [-0.2, 0) is 21.1 Å². The Labute approximate surface area is 127 Å². The van der Waals surface area contributed by atoms with E-state index in [1.807, 2.05) is 30.3 Å². The van der Waals surface area contributed by atoms with Crippen molar-refractivity contribution in [3.8, 4) is 0 Å². The molecule has 1 heterocycles. The molecule has 0 saturated carbocycles. The van der Waals surface area contributed by atoms with Gasteiger partial charge in [-0.3, -0.25) is 9.08 Å². The second kappa shape index (κ2) is 6.44. The first-order valence-corrected chi connectivity index (χ1v) is 8.59. The van der Waals surface area contributed by atoms with Crippen LogP contribution in [0.1, 0.15) is 26.3 Å². The summed E-state index contributed by atoms with van der Waals surface area (Å²) in [6.07, 6.45) is 0. The number of nitrogens with zero attached hydrogens (tertiary/aromatic N) is 2. The zero-order valence-electron chi connectivity index (χ0n) is 12.9. The van der Waals surface area contributed by atoms with Crippen molar-refractivity contribution in [2.24, 2.45) is 0 Å². The number of piperazine rings is 1. The maximum atomic E-state index is 12.2. The van der Waals surface area contributed by atoms with Crippen LogP contribution in [-0.4, -0.2) is 49.3 Å². The van der Waals surface area contributed by atoms with Crippen LogP contribution in [0.15, 0.2) is 30.3 Å². The van der Waals surface area contributed by atoms with Gasteiger partial charge in [-0.05, 0) is 26.3 Å². The molecule has 0 spiro atoms. The summed E-state index contributed by atoms with van der Waals surface area (Å²) < 4.78 is 31.0. The second-order valence-corrected chi connectivity index (χ2v) is 7.87. The predicted octanol–water partition coefficient (Wildman–Crippen LogP) is 1.86. The summed E-state index contributed by atoms with van der Waals surface area (Å²) in [5.74, 6) is 0. The van der Waals surface area contributed by atoms with Crippen molar-refractivity contribution in [1.29, 1.82) is 0 Å². The highest BCUT2D eigenvalue weighted by Gasteiger charge is 2.31. The third kappa shape index (κ3) is 4.51. The Morgan fingerprint density at radius 3 is 2.14 bits per heavy atom. The fraction of sp³-hybridized carbons (Fsp3) is 0.600. The van der Waals surface area contributed by atoms with Gasteiger partial charge >= 0.3 is 10.3 Å². The molecule has 1 fully saturated rings. The quantitative estimate of drug-likeness (QED) is 0.851. The molecule has 118 valence electrons. The van der Waals surface area contributed by atoms with E-state index in [-0.39, 0.29) is 12.1 Å². The van der Waals surface area contributed by atoms with Gasteiger partial charge in [0.1, 0.15) is 0 Å². The summed E-state index contributed by atoms with van der Waals surface area (Å²) in [7, 11) is -3.64. The van der Waals surface area contributed by atoms with Gasteiger partial charge in [0.05, 0.1) is 6.61 Å². The molecule has 1 aliphatic rings. The summed E-state index contributed by atoms with van der Waals surface area (Å²) in [5.41, 5.74) is 0.926. The van der Waals surface area contributed by atoms with Crippen LogP contribution in [0.2, 0.25) is 0 Å². The monoisotopic (exact) mass is 312 g/mol. The van der Waals surface area contributed by atoms with E-state index in [2.05, 4.69) is 25.7 Å². The Hall–Kier alpha value is -0.950. The van der Waals surface area contributed by atoms with Crippen molar-refractivity contribution in [1.82, 2.24) is 9.21 Å². The Kier molecular flexibility index (Phi) is 5.03. The van der Waals surface area contributed by atoms with Crippen LogP contribution in [0.25, 0.3) is 0 Å². The highest BCUT2D eigenvalue weighted by molar-refractivity contribution is 7.84. The average Bonchev–Trinajstić information content (AvgIpc) is 2.46. The van der Waals surface area contributed by atoms with E-state index in [0.717, 1.165) is 18.7 Å². The number of hydrogen-bond donors (Lipinski definition) is 0. The molecule has 21 heavy (non-hydrogen) atoms. The molecule has 1 aromatic rings. The van der Waals surface area contributed by atoms with Crippen molar-refractivity contribution in [2.75, 3.05) is 26.2 Å². The minimum Gasteiger partial charge on any atom is -0.296 e. The lowest BCUT2D eigenvalue weighted by molar-refractivity contribution is 0.0860. The lowest BCUT2D eigenvalue weighted by atomic mass is 10.1. The van der Waals surface area contributed by atoms with Gasteiger partial charge in [-0.2, -0.15) is 12.7 Å². The van der Waals surface area contributed by atoms with Crippen molar-refractivity contribution in [3.05, 3.63) is 35.9 Å². The van der Waals surface area contributed by atoms with Crippen LogP contribution in [0, 0.1) is 0 Å². The number of rotatable bonds is 4. The summed E-state index contributed by atoms with van der Waals surface area (Å²) in [4.78, 5) is 2.29. The van der Waals surface area contributed by atoms with E-state index in [1.54, 1.807) is 0 Å². The van der Waals surface area contributed by atoms with Crippen molar-refractivity contribution in [2.45, 2.75) is 32.9 Å². The molecule has 0 aliphatic carbocycles. The molecule has 1 aliphatic heterocycles. The summed E-state index contributed by atoms with van der Waals surface area (Å²) in [6.45, 7) is 8.94. The van der Waals surface area contributed by atoms with Gasteiger partial charge in [-0.15, -0.1) is 0 Å². The van der Waals surface area contributed by atoms with Crippen molar-refractivity contribution < 1.29 is 12.6 Å². The van der Waals surface area contributed by atoms with E-state index >= 15 is 0 Å². The van der Waals surface area contributed by atoms with Crippen molar-refractivity contribution in [3.63, 3.8) is 0 Å². The van der Waals surface area contributed by atoms with E-state index in [4.69, 9.17) is 4.18 Å². The standard InChI is InChI=1S/C15H24N2O3S/c1-15(2,3)16-9-11-17(12-10-16)21(18,19)20-13-14-7-5-4-6-8-14/h4-8H,9-13H2,1-3H3. The summed E-state index contributed by atoms with van der Waals surface area (Å²) >= 11 is 0. The molecule has 0 radical (unpaired) electrons. The van der Waals surface area contributed by atoms with Crippen LogP contribution < -0.4 is 0 Å². The number of benzene rings is 1. The fourth-order valence-electron chi connectivity index (χ4n) is 2.37. The minimum absolute atomic E-state index is 0.0702. The van der Waals surface area contributed by atoms with Crippen molar-refractivity contribution >= 4 is 10.3 Å². The van der Waals surface area contributed by atoms with Crippen LogP contribution >= 0.6 is 0 Å². The molecular formula is C15H24N2O3S. The number of hydrogen-bond acceptors (Lipinski definition) is 4. The maximum absolute atomic E-state index is 12.2. The fourth-order valence-corrected chi connectivity index (χ4v) is 3.42. The van der Waals surface area contributed by atoms with E-state index in [1.165, 1.54) is 4.31 Å². The molecule has 2 rings (SSSR count). The van der Waals surface area contributed by atoms with Crippen LogP contribution in [0.4, 0.5) is 0 Å². The maximum Gasteiger partial charge on any atom is 0.338 e. The molecule has 1 aromatic carbocycles. The summed E-state index contributed by atoms with van der Waals surface area (Å²) in [6, 6.07) is 9.34.